The van der Waals surface area contributed by atoms with E-state index in [1.54, 1.807) is 11.0 Å². The fraction of sp³-hybridized carbons (Fsp3) is 0.367. The third-order valence-corrected chi connectivity index (χ3v) is 9.43. The Morgan fingerprint density at radius 2 is 2.07 bits per heavy atom. The van der Waals surface area contributed by atoms with E-state index in [-0.39, 0.29) is 68.1 Å². The fourth-order valence-electron chi connectivity index (χ4n) is 5.98. The molecule has 2 aliphatic rings. The molecule has 2 fully saturated rings. The number of likely N-dealkylation sites (tertiary alicyclic amines) is 1. The van der Waals surface area contributed by atoms with Crippen LogP contribution < -0.4 is 15.4 Å². The molecule has 0 aliphatic carbocycles. The van der Waals surface area contributed by atoms with Crippen LogP contribution in [0.25, 0.3) is 37.1 Å². The molecule has 1 unspecified atom stereocenters. The number of halogens is 3. The molecule has 0 saturated carbocycles. The largest absolute Gasteiger partial charge is 0.462 e. The zero-order valence-electron chi connectivity index (χ0n) is 23.9. The Labute approximate surface area is 261 Å². The number of hydrogen-bond donors (Lipinski definition) is 1. The molecule has 44 heavy (non-hydrogen) atoms. The van der Waals surface area contributed by atoms with Crippen LogP contribution >= 0.6 is 22.9 Å². The average Bonchev–Trinajstić information content (AvgIpc) is 3.62. The predicted molar refractivity (Wildman–Crippen MR) is 168 cm³/mol. The van der Waals surface area contributed by atoms with Gasteiger partial charge in [0.25, 0.3) is 0 Å². The number of benzene rings is 2. The first-order chi connectivity index (χ1) is 21.2. The van der Waals surface area contributed by atoms with Crippen molar-refractivity contribution in [2.24, 2.45) is 0 Å². The molecule has 4 aromatic rings. The Hall–Kier alpha value is -4.12. The highest BCUT2D eigenvalue weighted by Crippen LogP contribution is 2.43. The smallest absolute Gasteiger partial charge is 0.319 e. The van der Waals surface area contributed by atoms with Crippen molar-refractivity contribution < 1.29 is 18.3 Å². The summed E-state index contributed by atoms with van der Waals surface area (Å²) in [7, 11) is 2.03. The lowest BCUT2D eigenvalue weighted by Crippen LogP contribution is -2.56. The molecule has 2 aliphatic heterocycles. The second-order valence-electron chi connectivity index (χ2n) is 10.9. The van der Waals surface area contributed by atoms with Crippen molar-refractivity contribution >= 4 is 60.9 Å². The van der Waals surface area contributed by atoms with Crippen molar-refractivity contribution in [3.63, 3.8) is 0 Å². The number of likely N-dealkylation sites (N-methyl/N-ethyl adjacent to an activating group) is 1. The molecular formula is C30H29ClF2N8O2S. The summed E-state index contributed by atoms with van der Waals surface area (Å²) < 4.78 is 37.5. The lowest BCUT2D eigenvalue weighted by Gasteiger charge is -2.39. The zero-order valence-corrected chi connectivity index (χ0v) is 25.5. The molecule has 228 valence electrons. The summed E-state index contributed by atoms with van der Waals surface area (Å²) in [6.45, 7) is 13.3. The summed E-state index contributed by atoms with van der Waals surface area (Å²) >= 11 is 7.73. The van der Waals surface area contributed by atoms with E-state index in [1.165, 1.54) is 18.2 Å². The lowest BCUT2D eigenvalue weighted by atomic mass is 10.0. The number of rotatable bonds is 7. The Morgan fingerprint density at radius 1 is 1.25 bits per heavy atom. The number of nitrogen functional groups attached to an aromatic ring is 1. The minimum absolute atomic E-state index is 0.00606. The van der Waals surface area contributed by atoms with Crippen LogP contribution in [0.5, 0.6) is 6.01 Å². The third-order valence-electron chi connectivity index (χ3n) is 8.24. The first-order valence-electron chi connectivity index (χ1n) is 14.1. The van der Waals surface area contributed by atoms with Gasteiger partial charge in [0.1, 0.15) is 29.8 Å². The number of fused-ring (bicyclic) bond motifs is 2. The SMILES string of the molecule is [C-]#[N+]CC1CN(c2nc(OC[C@@H]3CCCN3C)nc3c(F)c(-c4ccc(F)c5sc(N)nc45)c(Cl)cc23)CCN1C(=O)C=C. The number of carbonyl (C=O) groups is 1. The summed E-state index contributed by atoms with van der Waals surface area (Å²) in [5.74, 6) is -1.14. The molecule has 0 radical (unpaired) electrons. The van der Waals surface area contributed by atoms with Gasteiger partial charge in [-0.05, 0) is 50.7 Å². The maximum atomic E-state index is 16.7. The van der Waals surface area contributed by atoms with Gasteiger partial charge in [0.05, 0.1) is 15.2 Å². The molecule has 2 aromatic carbocycles. The maximum absolute atomic E-state index is 16.7. The van der Waals surface area contributed by atoms with E-state index in [4.69, 9.17) is 33.6 Å². The summed E-state index contributed by atoms with van der Waals surface area (Å²) in [5.41, 5.74) is 6.34. The summed E-state index contributed by atoms with van der Waals surface area (Å²) in [6, 6.07) is 3.96. The number of nitrogens with two attached hydrogens (primary N) is 1. The van der Waals surface area contributed by atoms with Crippen LogP contribution in [0.15, 0.2) is 30.9 Å². The topological polar surface area (TPSA) is 105 Å². The van der Waals surface area contributed by atoms with E-state index < -0.39 is 17.7 Å². The minimum atomic E-state index is -0.739. The molecule has 10 nitrogen and oxygen atoms in total. The standard InChI is InChI=1S/C30H29ClF2N8O2S/c1-4-22(42)41-11-10-40(14-17(41)13-35-2)28-19-12-20(31)23(18-7-8-21(32)27-26(18)36-29(34)44-27)24(33)25(19)37-30(38-28)43-15-16-6-5-9-39(16)3/h4,7-8,12,16-17H,1,5-6,9-11,13-15H2,3H3,(H2,34,36)/t16-,17?/m0/s1. The van der Waals surface area contributed by atoms with Crippen molar-refractivity contribution in [2.75, 3.05) is 57.0 Å². The summed E-state index contributed by atoms with van der Waals surface area (Å²) in [5, 5.41) is 0.533. The molecule has 0 bridgehead atoms. The van der Waals surface area contributed by atoms with Crippen molar-refractivity contribution in [1.82, 2.24) is 24.8 Å². The molecule has 1 amide bonds. The van der Waals surface area contributed by atoms with Gasteiger partial charge >= 0.3 is 6.01 Å². The first-order valence-corrected chi connectivity index (χ1v) is 15.3. The lowest BCUT2D eigenvalue weighted by molar-refractivity contribution is -0.128. The molecule has 2 saturated heterocycles. The normalized spacial score (nSPS) is 19.1. The van der Waals surface area contributed by atoms with Crippen molar-refractivity contribution in [3.8, 4) is 17.1 Å². The predicted octanol–water partition coefficient (Wildman–Crippen LogP) is 5.02. The molecule has 2 atom stereocenters. The van der Waals surface area contributed by atoms with Crippen LogP contribution in [0.2, 0.25) is 5.02 Å². The summed E-state index contributed by atoms with van der Waals surface area (Å²) in [4.78, 5) is 35.2. The fourth-order valence-corrected chi connectivity index (χ4v) is 7.04. The van der Waals surface area contributed by atoms with Crippen molar-refractivity contribution in [1.29, 1.82) is 0 Å². The Kier molecular flexibility index (Phi) is 8.24. The van der Waals surface area contributed by atoms with Gasteiger partial charge in [-0.15, -0.1) is 0 Å². The van der Waals surface area contributed by atoms with Gasteiger partial charge < -0.3 is 30.0 Å². The van der Waals surface area contributed by atoms with E-state index in [1.807, 2.05) is 11.9 Å². The van der Waals surface area contributed by atoms with Gasteiger partial charge in [0, 0.05) is 42.2 Å². The van der Waals surface area contributed by atoms with Gasteiger partial charge in [-0.1, -0.05) is 29.5 Å². The summed E-state index contributed by atoms with van der Waals surface area (Å²) in [6.07, 6.45) is 3.24. The second-order valence-corrected chi connectivity index (χ2v) is 12.3. The number of ether oxygens (including phenoxy) is 1. The third kappa shape index (κ3) is 5.38. The molecule has 6 rings (SSSR count). The van der Waals surface area contributed by atoms with Crippen LogP contribution in [0.1, 0.15) is 12.8 Å². The molecule has 2 N–H and O–H groups in total. The highest BCUT2D eigenvalue weighted by molar-refractivity contribution is 7.22. The van der Waals surface area contributed by atoms with Crippen molar-refractivity contribution in [3.05, 3.63) is 58.9 Å². The second kappa shape index (κ2) is 12.1. The monoisotopic (exact) mass is 638 g/mol. The molecule has 2 aromatic heterocycles. The molecule has 0 spiro atoms. The number of piperazine rings is 1. The van der Waals surface area contributed by atoms with Crippen LogP contribution in [0.4, 0.5) is 19.7 Å². The maximum Gasteiger partial charge on any atom is 0.319 e. The number of amides is 1. The number of carbonyl (C=O) groups excluding carboxylic acids is 1. The number of anilines is 2. The van der Waals surface area contributed by atoms with Crippen LogP contribution in [0.3, 0.4) is 0 Å². The number of nitrogens with zero attached hydrogens (tertiary/aromatic N) is 7. The van der Waals surface area contributed by atoms with Crippen LogP contribution in [-0.2, 0) is 4.79 Å². The first kappa shape index (κ1) is 29.9. The van der Waals surface area contributed by atoms with Gasteiger partial charge in [0.15, 0.2) is 10.9 Å². The minimum Gasteiger partial charge on any atom is -0.462 e. The Bertz CT molecular complexity index is 1830. The number of aromatic nitrogens is 3. The Morgan fingerprint density at radius 3 is 2.80 bits per heavy atom. The van der Waals surface area contributed by atoms with Crippen LogP contribution in [0, 0.1) is 18.2 Å². The van der Waals surface area contributed by atoms with Crippen LogP contribution in [-0.4, -0.2) is 89.1 Å². The van der Waals surface area contributed by atoms with E-state index in [2.05, 4.69) is 26.3 Å². The molecular weight excluding hydrogens is 610 g/mol. The van der Waals surface area contributed by atoms with Gasteiger partial charge in [-0.2, -0.15) is 9.97 Å². The number of hydrogen-bond acceptors (Lipinski definition) is 9. The van der Waals surface area contributed by atoms with E-state index in [9.17, 15) is 9.18 Å². The molecule has 4 heterocycles. The zero-order chi connectivity index (χ0) is 31.1. The van der Waals surface area contributed by atoms with Crippen molar-refractivity contribution in [2.45, 2.75) is 24.9 Å². The van der Waals surface area contributed by atoms with Gasteiger partial charge in [-0.3, -0.25) is 4.79 Å². The van der Waals surface area contributed by atoms with Gasteiger partial charge in [0.2, 0.25) is 12.5 Å². The van der Waals surface area contributed by atoms with E-state index in [0.717, 1.165) is 30.7 Å². The molecule has 14 heteroatoms. The highest BCUT2D eigenvalue weighted by Gasteiger charge is 2.34. The van der Waals surface area contributed by atoms with Gasteiger partial charge in [-0.25, -0.2) is 20.3 Å². The van der Waals surface area contributed by atoms with E-state index >= 15 is 4.39 Å². The highest BCUT2D eigenvalue weighted by atomic mass is 35.5. The van der Waals surface area contributed by atoms with E-state index in [0.29, 0.717) is 30.9 Å². The quantitative estimate of drug-likeness (QED) is 0.222. The average molecular weight is 639 g/mol. The Balaban J connectivity index is 1.49. The number of thiazole rings is 1.